The molecular formula is C21H31NO4S. The molecule has 0 bridgehead atoms. The Labute approximate surface area is 166 Å². The first kappa shape index (κ1) is 19.4. The molecule has 0 amide bonds. The second-order valence-electron chi connectivity index (χ2n) is 8.68. The average Bonchev–Trinajstić information content (AvgIpc) is 2.97. The Morgan fingerprint density at radius 3 is 2.81 bits per heavy atom. The molecule has 3 aliphatic carbocycles. The van der Waals surface area contributed by atoms with Crippen LogP contribution in [0.3, 0.4) is 0 Å². The summed E-state index contributed by atoms with van der Waals surface area (Å²) >= 11 is 0.705. The number of nitrogens with two attached hydrogens (primary N) is 1. The van der Waals surface area contributed by atoms with Gasteiger partial charge in [-0.1, -0.05) is 13.8 Å². The molecule has 2 saturated carbocycles. The van der Waals surface area contributed by atoms with Gasteiger partial charge in [0.25, 0.3) is 12.3 Å². The molecule has 2 N–H and O–H groups in total. The molecule has 3 aliphatic rings. The fraction of sp³-hybridized carbons (Fsp3) is 0.714. The first-order valence-electron chi connectivity index (χ1n) is 10.2. The van der Waals surface area contributed by atoms with E-state index < -0.39 is 0 Å². The second-order valence-corrected chi connectivity index (χ2v) is 9.12. The van der Waals surface area contributed by atoms with E-state index in [2.05, 4.69) is 35.3 Å². The van der Waals surface area contributed by atoms with Gasteiger partial charge < -0.3 is 8.92 Å². The minimum absolute atomic E-state index is 0.542. The molecular weight excluding hydrogens is 362 g/mol. The Kier molecular flexibility index (Phi) is 5.61. The van der Waals surface area contributed by atoms with E-state index >= 15 is 0 Å². The summed E-state index contributed by atoms with van der Waals surface area (Å²) < 4.78 is 16.1. The van der Waals surface area contributed by atoms with Gasteiger partial charge in [-0.25, -0.2) is 0 Å². The van der Waals surface area contributed by atoms with E-state index in [0.717, 1.165) is 29.9 Å². The summed E-state index contributed by atoms with van der Waals surface area (Å²) in [5, 5.41) is 0. The molecule has 150 valence electrons. The highest BCUT2D eigenvalue weighted by atomic mass is 32.2. The van der Waals surface area contributed by atoms with Gasteiger partial charge in [0.1, 0.15) is 0 Å². The normalized spacial score (nSPS) is 34.5. The second kappa shape index (κ2) is 7.82. The molecule has 4 rings (SSSR count). The highest BCUT2D eigenvalue weighted by Crippen LogP contribution is 2.63. The number of hydrogen-bond donors (Lipinski definition) is 1. The molecule has 2 fully saturated rings. The van der Waals surface area contributed by atoms with Crippen molar-refractivity contribution in [1.29, 1.82) is 0 Å². The SMILES string of the molecule is CCOc1cc2c(cc1OSOON)CCC1C2CC[C@@]2(C)C1CC[C@@H]2C. The van der Waals surface area contributed by atoms with E-state index in [-0.39, 0.29) is 0 Å². The molecule has 5 atom stereocenters. The standard InChI is InChI=1S/C21H31NO4S/c1-4-23-19-12-17-14(11-20(19)24-27-26-25-22)6-7-16-15(17)9-10-21(3)13(2)5-8-18(16)21/h11-13,15-16,18H,4-10,22H2,1-3H3/t13-,15?,16?,18?,21+/m0/s1. The van der Waals surface area contributed by atoms with Crippen LogP contribution in [0.4, 0.5) is 0 Å². The van der Waals surface area contributed by atoms with E-state index in [1.165, 1.54) is 43.2 Å². The van der Waals surface area contributed by atoms with Crippen LogP contribution in [0.5, 0.6) is 11.5 Å². The van der Waals surface area contributed by atoms with Crippen LogP contribution in [-0.2, 0) is 15.7 Å². The summed E-state index contributed by atoms with van der Waals surface area (Å²) in [5.41, 5.74) is 3.41. The van der Waals surface area contributed by atoms with Crippen molar-refractivity contribution in [3.63, 3.8) is 0 Å². The van der Waals surface area contributed by atoms with Gasteiger partial charge in [0.2, 0.25) is 0 Å². The molecule has 1 aromatic rings. The van der Waals surface area contributed by atoms with Crippen molar-refractivity contribution in [1.82, 2.24) is 0 Å². The first-order valence-corrected chi connectivity index (χ1v) is 10.9. The lowest BCUT2D eigenvalue weighted by Crippen LogP contribution is -2.41. The monoisotopic (exact) mass is 393 g/mol. The van der Waals surface area contributed by atoms with Gasteiger partial charge in [0.15, 0.2) is 11.5 Å². The predicted molar refractivity (Wildman–Crippen MR) is 106 cm³/mol. The van der Waals surface area contributed by atoms with Crippen molar-refractivity contribution >= 4 is 12.3 Å². The van der Waals surface area contributed by atoms with E-state index in [0.29, 0.717) is 36.0 Å². The smallest absolute Gasteiger partial charge is 0.260 e. The Morgan fingerprint density at radius 1 is 1.19 bits per heavy atom. The summed E-state index contributed by atoms with van der Waals surface area (Å²) in [6.07, 6.45) is 7.83. The molecule has 0 heterocycles. The molecule has 27 heavy (non-hydrogen) atoms. The number of ether oxygens (including phenoxy) is 1. The zero-order valence-corrected chi connectivity index (χ0v) is 17.3. The lowest BCUT2D eigenvalue weighted by atomic mass is 9.54. The summed E-state index contributed by atoms with van der Waals surface area (Å²) in [6, 6.07) is 4.34. The van der Waals surface area contributed by atoms with Crippen molar-refractivity contribution < 1.29 is 18.2 Å². The Hall–Kier alpha value is -0.950. The maximum absolute atomic E-state index is 5.87. The quantitative estimate of drug-likeness (QED) is 0.305. The Morgan fingerprint density at radius 2 is 2.04 bits per heavy atom. The molecule has 0 aliphatic heterocycles. The molecule has 0 saturated heterocycles. The summed E-state index contributed by atoms with van der Waals surface area (Å²) in [4.78, 5) is 4.10. The van der Waals surface area contributed by atoms with Gasteiger partial charge in [-0.15, -0.1) is 9.32 Å². The van der Waals surface area contributed by atoms with E-state index in [9.17, 15) is 0 Å². The number of rotatable bonds is 6. The van der Waals surface area contributed by atoms with Gasteiger partial charge in [0, 0.05) is 0 Å². The zero-order valence-electron chi connectivity index (χ0n) is 16.5. The third kappa shape index (κ3) is 3.35. The molecule has 3 unspecified atom stereocenters. The topological polar surface area (TPSA) is 62.9 Å². The van der Waals surface area contributed by atoms with E-state index in [1.807, 2.05) is 6.92 Å². The van der Waals surface area contributed by atoms with Crippen LogP contribution in [0.25, 0.3) is 0 Å². The fourth-order valence-electron chi connectivity index (χ4n) is 6.24. The van der Waals surface area contributed by atoms with Gasteiger partial charge in [-0.05, 0) is 97.8 Å². The average molecular weight is 394 g/mol. The van der Waals surface area contributed by atoms with Crippen LogP contribution in [-0.4, -0.2) is 6.61 Å². The molecule has 1 aromatic carbocycles. The van der Waals surface area contributed by atoms with Gasteiger partial charge in [0.05, 0.1) is 6.61 Å². The minimum atomic E-state index is 0.542. The van der Waals surface area contributed by atoms with Crippen molar-refractivity contribution in [2.75, 3.05) is 6.61 Å². The maximum Gasteiger partial charge on any atom is 0.260 e. The van der Waals surface area contributed by atoms with Crippen molar-refractivity contribution in [2.24, 2.45) is 29.1 Å². The Balaban J connectivity index is 1.63. The van der Waals surface area contributed by atoms with Gasteiger partial charge in [-0.2, -0.15) is 5.90 Å². The van der Waals surface area contributed by atoms with Crippen LogP contribution in [0.2, 0.25) is 0 Å². The van der Waals surface area contributed by atoms with Crippen LogP contribution in [0.15, 0.2) is 12.1 Å². The summed E-state index contributed by atoms with van der Waals surface area (Å²) in [6.45, 7) is 7.62. The van der Waals surface area contributed by atoms with Crippen LogP contribution < -0.4 is 14.8 Å². The number of hydrogen-bond acceptors (Lipinski definition) is 6. The van der Waals surface area contributed by atoms with Gasteiger partial charge >= 0.3 is 0 Å². The maximum atomic E-state index is 5.87. The first-order chi connectivity index (χ1) is 13.1. The third-order valence-corrected chi connectivity index (χ3v) is 8.14. The van der Waals surface area contributed by atoms with Gasteiger partial charge in [-0.3, -0.25) is 0 Å². The molecule has 0 spiro atoms. The highest BCUT2D eigenvalue weighted by Gasteiger charge is 2.53. The van der Waals surface area contributed by atoms with Crippen LogP contribution in [0.1, 0.15) is 69.9 Å². The summed E-state index contributed by atoms with van der Waals surface area (Å²) in [5.74, 6) is 9.53. The van der Waals surface area contributed by atoms with Crippen molar-refractivity contribution in [2.45, 2.75) is 65.2 Å². The van der Waals surface area contributed by atoms with Crippen molar-refractivity contribution in [3.05, 3.63) is 23.3 Å². The van der Waals surface area contributed by atoms with E-state index in [4.69, 9.17) is 14.8 Å². The number of fused-ring (bicyclic) bond motifs is 5. The largest absolute Gasteiger partial charge is 0.490 e. The lowest BCUT2D eigenvalue weighted by molar-refractivity contribution is -0.199. The van der Waals surface area contributed by atoms with Crippen LogP contribution in [0, 0.1) is 23.2 Å². The molecule has 5 nitrogen and oxygen atoms in total. The molecule has 0 aromatic heterocycles. The van der Waals surface area contributed by atoms with Crippen LogP contribution >= 0.6 is 12.3 Å². The van der Waals surface area contributed by atoms with E-state index in [1.54, 1.807) is 0 Å². The zero-order chi connectivity index (χ0) is 19.0. The molecule has 6 heteroatoms. The van der Waals surface area contributed by atoms with Crippen molar-refractivity contribution in [3.8, 4) is 11.5 Å². The summed E-state index contributed by atoms with van der Waals surface area (Å²) in [7, 11) is 0. The number of benzene rings is 1. The third-order valence-electron chi connectivity index (χ3n) is 7.75. The molecule has 0 radical (unpaired) electrons. The fourth-order valence-corrected chi connectivity index (χ4v) is 6.50. The highest BCUT2D eigenvalue weighted by molar-refractivity contribution is 7.90. The minimum Gasteiger partial charge on any atom is -0.490 e. The number of aryl methyl sites for hydroxylation is 1. The predicted octanol–water partition coefficient (Wildman–Crippen LogP) is 5.34. The lowest BCUT2D eigenvalue weighted by Gasteiger charge is -2.50. The Bertz CT molecular complexity index is 684.